The van der Waals surface area contributed by atoms with Gasteiger partial charge in [-0.15, -0.1) is 0 Å². The molecule has 9 heteroatoms. The van der Waals surface area contributed by atoms with Crippen molar-refractivity contribution in [3.05, 3.63) is 40.9 Å². The Morgan fingerprint density at radius 2 is 2.11 bits per heavy atom. The van der Waals surface area contributed by atoms with Gasteiger partial charge in [-0.2, -0.15) is 15.0 Å². The fraction of sp³-hybridized carbons (Fsp3) is 0.474. The molecule has 4 aliphatic carbocycles. The van der Waals surface area contributed by atoms with Crippen LogP contribution in [-0.4, -0.2) is 38.8 Å². The number of benzene rings is 1. The molecule has 0 spiro atoms. The maximum atomic E-state index is 13.4. The van der Waals surface area contributed by atoms with Crippen LogP contribution in [-0.2, 0) is 15.0 Å². The highest BCUT2D eigenvalue weighted by Gasteiger charge is 2.70. The van der Waals surface area contributed by atoms with Crippen molar-refractivity contribution in [3.63, 3.8) is 0 Å². The molecule has 4 aliphatic rings. The average molecular weight is 405 g/mol. The number of halogens is 2. The Bertz CT molecular complexity index is 964. The zero-order valence-corrected chi connectivity index (χ0v) is 15.7. The molecular weight excluding hydrogens is 387 g/mol. The van der Waals surface area contributed by atoms with Crippen LogP contribution < -0.4 is 10.1 Å². The van der Waals surface area contributed by atoms with Gasteiger partial charge in [-0.1, -0.05) is 11.6 Å². The third kappa shape index (κ3) is 2.78. The monoisotopic (exact) mass is 404 g/mol. The average Bonchev–Trinajstić information content (AvgIpc) is 3.04. The van der Waals surface area contributed by atoms with E-state index in [1.165, 1.54) is 12.1 Å². The van der Waals surface area contributed by atoms with Crippen molar-refractivity contribution in [1.29, 1.82) is 0 Å². The number of rotatable bonds is 6. The second-order valence-electron chi connectivity index (χ2n) is 8.15. The second kappa shape index (κ2) is 6.01. The van der Waals surface area contributed by atoms with E-state index in [9.17, 15) is 14.0 Å². The lowest BCUT2D eigenvalue weighted by Gasteiger charge is -2.69. The second-order valence-corrected chi connectivity index (χ2v) is 8.56. The number of amides is 1. The third-order valence-electron chi connectivity index (χ3n) is 6.00. The molecule has 7 nitrogen and oxygen atoms in total. The van der Waals surface area contributed by atoms with Gasteiger partial charge in [0, 0.05) is 29.9 Å². The van der Waals surface area contributed by atoms with Crippen LogP contribution in [0.2, 0.25) is 5.02 Å². The lowest BCUT2D eigenvalue weighted by atomic mass is 9.38. The molecule has 0 atom stereocenters. The Kier molecular flexibility index (Phi) is 3.78. The van der Waals surface area contributed by atoms with Crippen LogP contribution >= 0.6 is 11.6 Å². The smallest absolute Gasteiger partial charge is 0.258 e. The normalized spacial score (nSPS) is 28.1. The molecule has 4 saturated carbocycles. The highest BCUT2D eigenvalue weighted by molar-refractivity contribution is 6.30. The van der Waals surface area contributed by atoms with Gasteiger partial charge in [-0.05, 0) is 31.4 Å². The van der Waals surface area contributed by atoms with Gasteiger partial charge in [0.2, 0.25) is 0 Å². The van der Waals surface area contributed by atoms with Gasteiger partial charge in [0.15, 0.2) is 6.61 Å². The fourth-order valence-electron chi connectivity index (χ4n) is 4.56. The first-order valence-corrected chi connectivity index (χ1v) is 9.57. The van der Waals surface area contributed by atoms with Crippen molar-refractivity contribution >= 4 is 23.3 Å². The van der Waals surface area contributed by atoms with Gasteiger partial charge in [0.25, 0.3) is 5.91 Å². The molecule has 4 fully saturated rings. The Morgan fingerprint density at radius 3 is 2.79 bits per heavy atom. The molecule has 1 aromatic heterocycles. The van der Waals surface area contributed by atoms with Crippen molar-refractivity contribution in [3.8, 4) is 5.75 Å². The van der Waals surface area contributed by atoms with Gasteiger partial charge < -0.3 is 10.1 Å². The van der Waals surface area contributed by atoms with Crippen LogP contribution in [0.15, 0.2) is 24.4 Å². The lowest BCUT2D eigenvalue weighted by Crippen LogP contribution is -2.77. The minimum atomic E-state index is -0.583. The van der Waals surface area contributed by atoms with Crippen LogP contribution in [0.4, 0.5) is 4.39 Å². The number of nitrogens with zero attached hydrogens (tertiary/aromatic N) is 3. The number of hydrogen-bond donors (Lipinski definition) is 1. The molecule has 1 aromatic carbocycles. The van der Waals surface area contributed by atoms with Gasteiger partial charge in [-0.3, -0.25) is 9.59 Å². The first-order chi connectivity index (χ1) is 13.4. The summed E-state index contributed by atoms with van der Waals surface area (Å²) in [6, 6.07) is 4.16. The van der Waals surface area contributed by atoms with E-state index in [1.807, 2.05) is 0 Å². The van der Waals surface area contributed by atoms with Gasteiger partial charge in [0.1, 0.15) is 17.3 Å². The van der Waals surface area contributed by atoms with Gasteiger partial charge in [0.05, 0.1) is 23.0 Å². The molecule has 1 heterocycles. The zero-order valence-electron chi connectivity index (χ0n) is 15.0. The Labute approximate surface area is 165 Å². The van der Waals surface area contributed by atoms with E-state index in [0.29, 0.717) is 12.8 Å². The number of nitrogens with one attached hydrogen (secondary N) is 1. The van der Waals surface area contributed by atoms with Gasteiger partial charge in [-0.25, -0.2) is 4.39 Å². The SMILES string of the molecule is O=C1CC(n2ncc(C34CC(NC(=O)COc5ccc(Cl)c(F)c5)(C3)C4)n2)C1. The lowest BCUT2D eigenvalue weighted by molar-refractivity contribution is -0.140. The van der Waals surface area contributed by atoms with Crippen molar-refractivity contribution in [2.45, 2.75) is 49.1 Å². The summed E-state index contributed by atoms with van der Waals surface area (Å²) in [5.74, 6) is -0.308. The van der Waals surface area contributed by atoms with E-state index in [-0.39, 0.29) is 46.1 Å². The largest absolute Gasteiger partial charge is 0.484 e. The molecular formula is C19H18ClFN4O3. The minimum Gasteiger partial charge on any atom is -0.484 e. The van der Waals surface area contributed by atoms with E-state index in [1.54, 1.807) is 11.0 Å². The van der Waals surface area contributed by atoms with Crippen LogP contribution in [0.3, 0.4) is 0 Å². The number of ether oxygens (including phenoxy) is 1. The summed E-state index contributed by atoms with van der Waals surface area (Å²) in [5.41, 5.74) is 0.720. The first kappa shape index (κ1) is 17.6. The standard InChI is InChI=1S/C19H18ClFN4O3/c20-14-2-1-13(5-15(14)21)28-7-17(27)23-19-8-18(9-19,10-19)16-6-22-25(24-16)11-3-12(26)4-11/h1-2,5-6,11H,3-4,7-10H2,(H,23,27). The maximum absolute atomic E-state index is 13.4. The highest BCUT2D eigenvalue weighted by Crippen LogP contribution is 2.67. The molecule has 0 aliphatic heterocycles. The molecule has 2 bridgehead atoms. The van der Waals surface area contributed by atoms with Crippen molar-refractivity contribution in [2.24, 2.45) is 0 Å². The highest BCUT2D eigenvalue weighted by atomic mass is 35.5. The number of Topliss-reactive ketones (excluding diaryl/α,β-unsaturated/α-hetero) is 1. The van der Waals surface area contributed by atoms with Crippen molar-refractivity contribution in [2.75, 3.05) is 6.61 Å². The molecule has 2 aromatic rings. The first-order valence-electron chi connectivity index (χ1n) is 9.19. The Hall–Kier alpha value is -2.48. The van der Waals surface area contributed by atoms with Crippen molar-refractivity contribution in [1.82, 2.24) is 20.3 Å². The number of carbonyl (C=O) groups excluding carboxylic acids is 2. The third-order valence-corrected chi connectivity index (χ3v) is 6.31. The molecule has 28 heavy (non-hydrogen) atoms. The topological polar surface area (TPSA) is 86.1 Å². The zero-order chi connectivity index (χ0) is 19.5. The molecule has 0 unspecified atom stereocenters. The molecule has 0 saturated heterocycles. The van der Waals surface area contributed by atoms with Crippen LogP contribution in [0, 0.1) is 5.82 Å². The Morgan fingerprint density at radius 1 is 1.36 bits per heavy atom. The summed E-state index contributed by atoms with van der Waals surface area (Å²) in [5, 5.41) is 11.9. The van der Waals surface area contributed by atoms with Crippen molar-refractivity contribution < 1.29 is 18.7 Å². The number of ketones is 1. The minimum absolute atomic E-state index is 0.0109. The summed E-state index contributed by atoms with van der Waals surface area (Å²) in [4.78, 5) is 25.0. The number of hydrogen-bond acceptors (Lipinski definition) is 5. The fourth-order valence-corrected chi connectivity index (χ4v) is 4.68. The van der Waals surface area contributed by atoms with Gasteiger partial charge >= 0.3 is 0 Å². The van der Waals surface area contributed by atoms with E-state index in [0.717, 1.165) is 31.0 Å². The molecule has 1 N–H and O–H groups in total. The summed E-state index contributed by atoms with van der Waals surface area (Å²) in [7, 11) is 0. The van der Waals surface area contributed by atoms with Crippen LogP contribution in [0.1, 0.15) is 43.8 Å². The summed E-state index contributed by atoms with van der Waals surface area (Å²) in [6.07, 6.45) is 5.28. The summed E-state index contributed by atoms with van der Waals surface area (Å²) in [6.45, 7) is -0.179. The molecule has 146 valence electrons. The van der Waals surface area contributed by atoms with Crippen LogP contribution in [0.5, 0.6) is 5.75 Å². The predicted molar refractivity (Wildman–Crippen MR) is 96.6 cm³/mol. The maximum Gasteiger partial charge on any atom is 0.258 e. The Balaban J connectivity index is 1.13. The van der Waals surface area contributed by atoms with E-state index in [2.05, 4.69) is 15.5 Å². The van der Waals surface area contributed by atoms with Crippen LogP contribution in [0.25, 0.3) is 0 Å². The van der Waals surface area contributed by atoms with E-state index < -0.39 is 5.82 Å². The molecule has 0 radical (unpaired) electrons. The van der Waals surface area contributed by atoms with E-state index in [4.69, 9.17) is 16.3 Å². The molecule has 6 rings (SSSR count). The summed E-state index contributed by atoms with van der Waals surface area (Å²) >= 11 is 5.63. The molecule has 1 amide bonds. The number of carbonyl (C=O) groups is 2. The summed E-state index contributed by atoms with van der Waals surface area (Å²) < 4.78 is 18.7. The quantitative estimate of drug-likeness (QED) is 0.798. The number of aromatic nitrogens is 3. The van der Waals surface area contributed by atoms with E-state index >= 15 is 0 Å². The predicted octanol–water partition coefficient (Wildman–Crippen LogP) is 2.34.